The average Bonchev–Trinajstić information content (AvgIpc) is 2.95. The number of carbonyl (C=O) groups is 2. The van der Waals surface area contributed by atoms with Gasteiger partial charge in [0.2, 0.25) is 0 Å². The maximum Gasteiger partial charge on any atom is 0.280 e. The zero-order valence-corrected chi connectivity index (χ0v) is 16.3. The van der Waals surface area contributed by atoms with E-state index in [0.717, 1.165) is 4.90 Å². The van der Waals surface area contributed by atoms with Gasteiger partial charge in [0.15, 0.2) is 0 Å². The number of nitrogens with one attached hydrogen (secondary N) is 1. The first-order valence-corrected chi connectivity index (χ1v) is 10.3. The van der Waals surface area contributed by atoms with Crippen LogP contribution in [0.4, 0.5) is 5.82 Å². The summed E-state index contributed by atoms with van der Waals surface area (Å²) in [6, 6.07) is 12.0. The lowest BCUT2D eigenvalue weighted by Crippen LogP contribution is -2.29. The number of anilines is 1. The Kier molecular flexibility index (Phi) is 4.77. The van der Waals surface area contributed by atoms with Crippen LogP contribution < -0.4 is 4.72 Å². The van der Waals surface area contributed by atoms with Crippen LogP contribution in [0.25, 0.3) is 0 Å². The van der Waals surface area contributed by atoms with Gasteiger partial charge < -0.3 is 0 Å². The van der Waals surface area contributed by atoms with E-state index >= 15 is 0 Å². The van der Waals surface area contributed by atoms with Crippen molar-refractivity contribution in [1.82, 2.24) is 14.9 Å². The number of halogens is 1. The van der Waals surface area contributed by atoms with Crippen molar-refractivity contribution < 1.29 is 18.0 Å². The molecule has 146 valence electrons. The maximum absolute atomic E-state index is 12.5. The highest BCUT2D eigenvalue weighted by atomic mass is 35.5. The number of hydrogen-bond acceptors (Lipinski definition) is 6. The number of aromatic nitrogens is 2. The third-order valence-corrected chi connectivity index (χ3v) is 5.87. The summed E-state index contributed by atoms with van der Waals surface area (Å²) in [6.45, 7) is 0.0144. The lowest BCUT2D eigenvalue weighted by atomic mass is 10.2. The molecular weight excluding hydrogens is 416 g/mol. The van der Waals surface area contributed by atoms with Crippen LogP contribution in [0.2, 0.25) is 5.02 Å². The standard InChI is InChI=1S/C19H13ClN4O4S/c20-13-5-8-16(22-10-13)23-29(27,28)14-6-3-12(4-7-14)11-24-18(25)15-2-1-9-21-17(15)19(24)26/h1-10H,11H2,(H,22,23). The molecule has 1 aliphatic heterocycles. The summed E-state index contributed by atoms with van der Waals surface area (Å²) in [5.41, 5.74) is 0.982. The fraction of sp³-hybridized carbons (Fsp3) is 0.0526. The van der Waals surface area contributed by atoms with E-state index in [1.165, 1.54) is 36.7 Å². The first kappa shape index (κ1) is 19.0. The molecule has 3 heterocycles. The van der Waals surface area contributed by atoms with Crippen molar-refractivity contribution in [1.29, 1.82) is 0 Å². The Labute approximate surface area is 171 Å². The predicted molar refractivity (Wildman–Crippen MR) is 105 cm³/mol. The number of benzene rings is 1. The summed E-state index contributed by atoms with van der Waals surface area (Å²) in [4.78, 5) is 33.8. The first-order chi connectivity index (χ1) is 13.8. The van der Waals surface area contributed by atoms with Gasteiger partial charge in [-0.1, -0.05) is 23.7 Å². The SMILES string of the molecule is O=C1c2cccnc2C(=O)N1Cc1ccc(S(=O)(=O)Nc2ccc(Cl)cn2)cc1. The third-order valence-electron chi connectivity index (χ3n) is 4.27. The van der Waals surface area contributed by atoms with Gasteiger partial charge in [0.05, 0.1) is 22.0 Å². The molecule has 10 heteroatoms. The lowest BCUT2D eigenvalue weighted by Gasteiger charge is -2.14. The zero-order valence-electron chi connectivity index (χ0n) is 14.7. The van der Waals surface area contributed by atoms with E-state index in [9.17, 15) is 18.0 Å². The highest BCUT2D eigenvalue weighted by molar-refractivity contribution is 7.92. The summed E-state index contributed by atoms with van der Waals surface area (Å²) in [7, 11) is -3.85. The van der Waals surface area contributed by atoms with Gasteiger partial charge in [-0.05, 0) is 42.0 Å². The van der Waals surface area contributed by atoms with Crippen molar-refractivity contribution in [2.45, 2.75) is 11.4 Å². The molecule has 2 aromatic heterocycles. The van der Waals surface area contributed by atoms with Gasteiger partial charge in [-0.2, -0.15) is 0 Å². The Morgan fingerprint density at radius 1 is 0.966 bits per heavy atom. The third kappa shape index (κ3) is 3.69. The molecule has 0 unspecified atom stereocenters. The molecule has 0 bridgehead atoms. The lowest BCUT2D eigenvalue weighted by molar-refractivity contribution is 0.0640. The minimum atomic E-state index is -3.85. The van der Waals surface area contributed by atoms with Gasteiger partial charge in [0.25, 0.3) is 21.8 Å². The van der Waals surface area contributed by atoms with E-state index in [4.69, 9.17) is 11.6 Å². The highest BCUT2D eigenvalue weighted by Gasteiger charge is 2.36. The summed E-state index contributed by atoms with van der Waals surface area (Å²) in [5.74, 6) is -0.764. The smallest absolute Gasteiger partial charge is 0.268 e. The molecule has 0 fully saturated rings. The van der Waals surface area contributed by atoms with Gasteiger partial charge in [-0.25, -0.2) is 13.4 Å². The number of pyridine rings is 2. The zero-order chi connectivity index (χ0) is 20.6. The Morgan fingerprint density at radius 3 is 2.38 bits per heavy atom. The van der Waals surface area contributed by atoms with Crippen LogP contribution in [0, 0.1) is 0 Å². The second kappa shape index (κ2) is 7.26. The number of imide groups is 1. The number of sulfonamides is 1. The van der Waals surface area contributed by atoms with Crippen molar-refractivity contribution >= 4 is 39.3 Å². The fourth-order valence-electron chi connectivity index (χ4n) is 2.85. The second-order valence-corrected chi connectivity index (χ2v) is 8.33. The summed E-state index contributed by atoms with van der Waals surface area (Å²) >= 11 is 5.74. The number of rotatable bonds is 5. The highest BCUT2D eigenvalue weighted by Crippen LogP contribution is 2.23. The quantitative estimate of drug-likeness (QED) is 0.626. The van der Waals surface area contributed by atoms with Crippen LogP contribution >= 0.6 is 11.6 Å². The molecule has 8 nitrogen and oxygen atoms in total. The predicted octanol–water partition coefficient (Wildman–Crippen LogP) is 2.73. The Balaban J connectivity index is 1.50. The number of carbonyl (C=O) groups excluding carboxylic acids is 2. The van der Waals surface area contributed by atoms with Crippen LogP contribution in [0.15, 0.2) is 65.8 Å². The monoisotopic (exact) mass is 428 g/mol. The molecule has 1 N–H and O–H groups in total. The van der Waals surface area contributed by atoms with E-state index in [0.29, 0.717) is 10.6 Å². The molecule has 1 aliphatic rings. The molecule has 3 aromatic rings. The van der Waals surface area contributed by atoms with Gasteiger partial charge in [0, 0.05) is 12.4 Å². The van der Waals surface area contributed by atoms with Crippen molar-refractivity contribution in [2.75, 3.05) is 4.72 Å². The van der Waals surface area contributed by atoms with Crippen molar-refractivity contribution in [3.63, 3.8) is 0 Å². The molecule has 29 heavy (non-hydrogen) atoms. The molecule has 0 saturated heterocycles. The van der Waals surface area contributed by atoms with Crippen LogP contribution in [-0.2, 0) is 16.6 Å². The summed E-state index contributed by atoms with van der Waals surface area (Å²) in [6.07, 6.45) is 2.79. The average molecular weight is 429 g/mol. The minimum absolute atomic E-state index is 0.0144. The van der Waals surface area contributed by atoms with Crippen LogP contribution in [-0.4, -0.2) is 35.1 Å². The molecule has 0 spiro atoms. The molecule has 0 atom stereocenters. The van der Waals surface area contributed by atoms with E-state index in [-0.39, 0.29) is 28.5 Å². The van der Waals surface area contributed by atoms with E-state index in [2.05, 4.69) is 14.7 Å². The Morgan fingerprint density at radius 2 is 1.72 bits per heavy atom. The number of fused-ring (bicyclic) bond motifs is 1. The first-order valence-electron chi connectivity index (χ1n) is 8.40. The van der Waals surface area contributed by atoms with Crippen LogP contribution in [0.1, 0.15) is 26.4 Å². The number of hydrogen-bond donors (Lipinski definition) is 1. The van der Waals surface area contributed by atoms with E-state index < -0.39 is 21.8 Å². The topological polar surface area (TPSA) is 109 Å². The number of amides is 2. The minimum Gasteiger partial charge on any atom is -0.268 e. The molecule has 2 amide bonds. The maximum atomic E-state index is 12.5. The molecule has 0 saturated carbocycles. The summed E-state index contributed by atoms with van der Waals surface area (Å²) in [5, 5.41) is 0.389. The molecule has 0 radical (unpaired) electrons. The normalized spacial score (nSPS) is 13.5. The largest absolute Gasteiger partial charge is 0.280 e. The van der Waals surface area contributed by atoms with Crippen molar-refractivity contribution in [3.05, 3.63) is 82.8 Å². The van der Waals surface area contributed by atoms with Crippen molar-refractivity contribution in [3.8, 4) is 0 Å². The molecule has 1 aromatic carbocycles. The van der Waals surface area contributed by atoms with Crippen LogP contribution in [0.3, 0.4) is 0 Å². The van der Waals surface area contributed by atoms with E-state index in [1.807, 2.05) is 0 Å². The van der Waals surface area contributed by atoms with Gasteiger partial charge in [-0.3, -0.25) is 24.2 Å². The van der Waals surface area contributed by atoms with Gasteiger partial charge >= 0.3 is 0 Å². The number of nitrogens with zero attached hydrogens (tertiary/aromatic N) is 3. The van der Waals surface area contributed by atoms with Gasteiger partial charge in [-0.15, -0.1) is 0 Å². The second-order valence-electron chi connectivity index (χ2n) is 6.21. The summed E-state index contributed by atoms with van der Waals surface area (Å²) < 4.78 is 27.3. The van der Waals surface area contributed by atoms with E-state index in [1.54, 1.807) is 24.3 Å². The van der Waals surface area contributed by atoms with Crippen molar-refractivity contribution in [2.24, 2.45) is 0 Å². The molecular formula is C19H13ClN4O4S. The Hall–Kier alpha value is -3.30. The fourth-order valence-corrected chi connectivity index (χ4v) is 3.97. The Bertz CT molecular complexity index is 1180. The van der Waals surface area contributed by atoms with Crippen LogP contribution in [0.5, 0.6) is 0 Å². The molecule has 4 rings (SSSR count). The van der Waals surface area contributed by atoms with Gasteiger partial charge in [0.1, 0.15) is 11.5 Å². The molecule has 0 aliphatic carbocycles.